The van der Waals surface area contributed by atoms with E-state index in [1.165, 1.54) is 17.1 Å². The monoisotopic (exact) mass is 286 g/mol. The highest BCUT2D eigenvalue weighted by Gasteiger charge is 2.37. The molecule has 108 valence electrons. The summed E-state index contributed by atoms with van der Waals surface area (Å²) in [5.74, 6) is 0. The second-order valence-electron chi connectivity index (χ2n) is 5.50. The van der Waals surface area contributed by atoms with Gasteiger partial charge in [0.15, 0.2) is 0 Å². The number of nitrogens with one attached hydrogen (secondary N) is 1. The molecule has 0 saturated heterocycles. The Balaban J connectivity index is 2.09. The maximum Gasteiger partial charge on any atom is 0.243 e. The van der Waals surface area contributed by atoms with Crippen LogP contribution in [0.25, 0.3) is 0 Å². The number of likely N-dealkylation sites (N-methyl/N-ethyl adjacent to an activating group) is 1. The van der Waals surface area contributed by atoms with Crippen molar-refractivity contribution in [2.24, 2.45) is 7.05 Å². The van der Waals surface area contributed by atoms with Crippen LogP contribution >= 0.6 is 0 Å². The van der Waals surface area contributed by atoms with Crippen molar-refractivity contribution in [3.8, 4) is 0 Å². The summed E-state index contributed by atoms with van der Waals surface area (Å²) in [6.45, 7) is 0.456. The van der Waals surface area contributed by atoms with Gasteiger partial charge in [-0.05, 0) is 26.9 Å². The molecule has 1 aromatic rings. The minimum atomic E-state index is -3.46. The first kappa shape index (κ1) is 14.5. The zero-order valence-corrected chi connectivity index (χ0v) is 12.6. The van der Waals surface area contributed by atoms with Crippen LogP contribution in [-0.4, -0.2) is 49.3 Å². The number of rotatable bonds is 5. The molecule has 0 atom stereocenters. The van der Waals surface area contributed by atoms with E-state index in [0.717, 1.165) is 25.7 Å². The maximum atomic E-state index is 12.2. The second-order valence-corrected chi connectivity index (χ2v) is 7.27. The topological polar surface area (TPSA) is 67.2 Å². The van der Waals surface area contributed by atoms with E-state index in [-0.39, 0.29) is 10.4 Å². The number of hydrogen-bond acceptors (Lipinski definition) is 4. The summed E-state index contributed by atoms with van der Waals surface area (Å²) in [7, 11) is 2.28. The Hall–Kier alpha value is -0.920. The molecule has 0 radical (unpaired) electrons. The van der Waals surface area contributed by atoms with E-state index < -0.39 is 10.0 Å². The Labute approximate surface area is 114 Å². The Bertz CT molecular complexity index is 530. The molecular formula is C12H22N4O2S. The predicted molar refractivity (Wildman–Crippen MR) is 73.3 cm³/mol. The van der Waals surface area contributed by atoms with Crippen LogP contribution in [0.3, 0.4) is 0 Å². The molecule has 0 amide bonds. The molecule has 1 aliphatic carbocycles. The van der Waals surface area contributed by atoms with E-state index in [0.29, 0.717) is 6.54 Å². The van der Waals surface area contributed by atoms with Gasteiger partial charge in [0.1, 0.15) is 4.90 Å². The summed E-state index contributed by atoms with van der Waals surface area (Å²) >= 11 is 0. The largest absolute Gasteiger partial charge is 0.302 e. The van der Waals surface area contributed by atoms with Gasteiger partial charge in [0.25, 0.3) is 0 Å². The third-order valence-corrected chi connectivity index (χ3v) is 5.42. The van der Waals surface area contributed by atoms with E-state index in [1.54, 1.807) is 7.05 Å². The number of aromatic nitrogens is 2. The minimum absolute atomic E-state index is 0.0464. The van der Waals surface area contributed by atoms with Crippen LogP contribution in [0.15, 0.2) is 17.3 Å². The van der Waals surface area contributed by atoms with E-state index >= 15 is 0 Å². The molecule has 0 spiro atoms. The van der Waals surface area contributed by atoms with Gasteiger partial charge in [0.05, 0.1) is 6.20 Å². The van der Waals surface area contributed by atoms with Crippen molar-refractivity contribution < 1.29 is 8.42 Å². The number of nitrogens with zero attached hydrogens (tertiary/aromatic N) is 3. The molecule has 1 aliphatic rings. The summed E-state index contributed by atoms with van der Waals surface area (Å²) in [5.41, 5.74) is -0.0464. The molecule has 1 fully saturated rings. The molecule has 0 aliphatic heterocycles. The lowest BCUT2D eigenvalue weighted by atomic mass is 9.97. The third kappa shape index (κ3) is 2.98. The lowest BCUT2D eigenvalue weighted by molar-refractivity contribution is 0.162. The van der Waals surface area contributed by atoms with Crippen molar-refractivity contribution in [1.29, 1.82) is 0 Å². The Morgan fingerprint density at radius 3 is 2.53 bits per heavy atom. The average Bonchev–Trinajstić information content (AvgIpc) is 2.96. The van der Waals surface area contributed by atoms with Gasteiger partial charge in [-0.2, -0.15) is 5.10 Å². The maximum absolute atomic E-state index is 12.2. The fourth-order valence-corrected chi connectivity index (χ4v) is 3.77. The molecule has 7 heteroatoms. The molecule has 2 rings (SSSR count). The van der Waals surface area contributed by atoms with Gasteiger partial charge < -0.3 is 4.90 Å². The van der Waals surface area contributed by atoms with Crippen LogP contribution in [0.2, 0.25) is 0 Å². The summed E-state index contributed by atoms with van der Waals surface area (Å²) < 4.78 is 28.6. The minimum Gasteiger partial charge on any atom is -0.302 e. The van der Waals surface area contributed by atoms with Gasteiger partial charge in [-0.25, -0.2) is 13.1 Å². The van der Waals surface area contributed by atoms with Crippen molar-refractivity contribution in [1.82, 2.24) is 19.4 Å². The zero-order valence-electron chi connectivity index (χ0n) is 11.8. The van der Waals surface area contributed by atoms with Gasteiger partial charge >= 0.3 is 0 Å². The standard InChI is InChI=1S/C12H22N4O2S/c1-15(2)12(6-4-5-7-12)10-14-19(17,18)11-8-13-16(3)9-11/h8-9,14H,4-7,10H2,1-3H3. The third-order valence-electron chi connectivity index (χ3n) is 4.07. The summed E-state index contributed by atoms with van der Waals surface area (Å²) in [5, 5.41) is 3.90. The van der Waals surface area contributed by atoms with Crippen LogP contribution in [-0.2, 0) is 17.1 Å². The van der Waals surface area contributed by atoms with Crippen LogP contribution in [0.1, 0.15) is 25.7 Å². The summed E-state index contributed by atoms with van der Waals surface area (Å²) in [6, 6.07) is 0. The molecule has 0 aromatic carbocycles. The second kappa shape index (κ2) is 5.22. The number of aryl methyl sites for hydroxylation is 1. The van der Waals surface area contributed by atoms with Gasteiger partial charge in [-0.1, -0.05) is 12.8 Å². The first-order valence-corrected chi connectivity index (χ1v) is 8.00. The van der Waals surface area contributed by atoms with Crippen molar-refractivity contribution in [3.63, 3.8) is 0 Å². The van der Waals surface area contributed by atoms with Crippen molar-refractivity contribution in [3.05, 3.63) is 12.4 Å². The molecule has 6 nitrogen and oxygen atoms in total. The Kier molecular flexibility index (Phi) is 3.98. The lowest BCUT2D eigenvalue weighted by Crippen LogP contribution is -2.50. The van der Waals surface area contributed by atoms with E-state index in [9.17, 15) is 8.42 Å². The van der Waals surface area contributed by atoms with Crippen LogP contribution in [0, 0.1) is 0 Å². The highest BCUT2D eigenvalue weighted by molar-refractivity contribution is 7.89. The van der Waals surface area contributed by atoms with E-state index in [2.05, 4.69) is 14.7 Å². The highest BCUT2D eigenvalue weighted by Crippen LogP contribution is 2.33. The first-order chi connectivity index (χ1) is 8.86. The quantitative estimate of drug-likeness (QED) is 0.859. The normalized spacial score (nSPS) is 19.2. The Morgan fingerprint density at radius 2 is 2.05 bits per heavy atom. The van der Waals surface area contributed by atoms with Gasteiger partial charge in [-0.15, -0.1) is 0 Å². The molecular weight excluding hydrogens is 264 g/mol. The fourth-order valence-electron chi connectivity index (χ4n) is 2.67. The van der Waals surface area contributed by atoms with E-state index in [1.807, 2.05) is 14.1 Å². The van der Waals surface area contributed by atoms with Gasteiger partial charge in [-0.3, -0.25) is 4.68 Å². The lowest BCUT2D eigenvalue weighted by Gasteiger charge is -2.36. The molecule has 1 heterocycles. The summed E-state index contributed by atoms with van der Waals surface area (Å²) in [6.07, 6.45) is 7.28. The van der Waals surface area contributed by atoms with Gasteiger partial charge in [0, 0.05) is 25.3 Å². The van der Waals surface area contributed by atoms with E-state index in [4.69, 9.17) is 0 Å². The van der Waals surface area contributed by atoms with Crippen LogP contribution < -0.4 is 4.72 Å². The van der Waals surface area contributed by atoms with Crippen molar-refractivity contribution in [2.75, 3.05) is 20.6 Å². The highest BCUT2D eigenvalue weighted by atomic mass is 32.2. The Morgan fingerprint density at radius 1 is 1.42 bits per heavy atom. The zero-order chi connectivity index (χ0) is 14.1. The SMILES string of the molecule is CN(C)C1(CNS(=O)(=O)c2cnn(C)c2)CCCC1. The predicted octanol–water partition coefficient (Wildman–Crippen LogP) is 0.573. The molecule has 1 aromatic heterocycles. The van der Waals surface area contributed by atoms with Gasteiger partial charge in [0.2, 0.25) is 10.0 Å². The van der Waals surface area contributed by atoms with Crippen molar-refractivity contribution in [2.45, 2.75) is 36.1 Å². The summed E-state index contributed by atoms with van der Waals surface area (Å²) in [4.78, 5) is 2.37. The average molecular weight is 286 g/mol. The number of hydrogen-bond donors (Lipinski definition) is 1. The molecule has 19 heavy (non-hydrogen) atoms. The fraction of sp³-hybridized carbons (Fsp3) is 0.750. The molecule has 1 N–H and O–H groups in total. The molecule has 0 bridgehead atoms. The molecule has 1 saturated carbocycles. The number of sulfonamides is 1. The first-order valence-electron chi connectivity index (χ1n) is 6.51. The van der Waals surface area contributed by atoms with Crippen molar-refractivity contribution >= 4 is 10.0 Å². The van der Waals surface area contributed by atoms with Crippen LogP contribution in [0.4, 0.5) is 0 Å². The smallest absolute Gasteiger partial charge is 0.243 e. The van der Waals surface area contributed by atoms with Crippen LogP contribution in [0.5, 0.6) is 0 Å². The molecule has 0 unspecified atom stereocenters.